The van der Waals surface area contributed by atoms with Crippen molar-refractivity contribution in [2.75, 3.05) is 6.54 Å². The summed E-state index contributed by atoms with van der Waals surface area (Å²) in [6, 6.07) is 3.08. The van der Waals surface area contributed by atoms with Crippen LogP contribution in [0.3, 0.4) is 0 Å². The first kappa shape index (κ1) is 14.9. The molecule has 3 nitrogen and oxygen atoms in total. The Balaban J connectivity index is 2.26. The number of amides is 1. The van der Waals surface area contributed by atoms with Crippen LogP contribution in [0.4, 0.5) is 13.2 Å². The van der Waals surface area contributed by atoms with Crippen molar-refractivity contribution in [2.45, 2.75) is 25.4 Å². The molecule has 0 aliphatic carbocycles. The van der Waals surface area contributed by atoms with Gasteiger partial charge in [0.25, 0.3) is 5.91 Å². The third-order valence-corrected chi connectivity index (χ3v) is 2.60. The van der Waals surface area contributed by atoms with Gasteiger partial charge in [0.15, 0.2) is 0 Å². The summed E-state index contributed by atoms with van der Waals surface area (Å²) in [7, 11) is 0. The molecule has 1 aromatic rings. The van der Waals surface area contributed by atoms with Gasteiger partial charge in [-0.3, -0.25) is 4.79 Å². The van der Waals surface area contributed by atoms with Crippen molar-refractivity contribution >= 4 is 21.8 Å². The van der Waals surface area contributed by atoms with Crippen LogP contribution >= 0.6 is 15.9 Å². The van der Waals surface area contributed by atoms with Gasteiger partial charge in [-0.15, -0.1) is 0 Å². The fourth-order valence-corrected chi connectivity index (χ4v) is 1.66. The van der Waals surface area contributed by atoms with Crippen LogP contribution in [0, 0.1) is 0 Å². The van der Waals surface area contributed by atoms with E-state index >= 15 is 0 Å². The average molecular weight is 325 g/mol. The van der Waals surface area contributed by atoms with E-state index in [1.165, 1.54) is 12.3 Å². The lowest BCUT2D eigenvalue weighted by Gasteiger charge is -2.07. The molecule has 100 valence electrons. The molecule has 1 N–H and O–H groups in total. The van der Waals surface area contributed by atoms with E-state index in [-0.39, 0.29) is 18.9 Å². The summed E-state index contributed by atoms with van der Waals surface area (Å²) in [6.45, 7) is 0.231. The first-order chi connectivity index (χ1) is 8.38. The maximum atomic E-state index is 11.9. The van der Waals surface area contributed by atoms with Crippen molar-refractivity contribution in [1.29, 1.82) is 0 Å². The van der Waals surface area contributed by atoms with Crippen LogP contribution in [0.2, 0.25) is 0 Å². The van der Waals surface area contributed by atoms with E-state index in [9.17, 15) is 18.0 Å². The number of nitrogens with one attached hydrogen (secondary N) is 1. The monoisotopic (exact) mass is 324 g/mol. The lowest BCUT2D eigenvalue weighted by atomic mass is 10.2. The molecule has 0 unspecified atom stereocenters. The first-order valence-corrected chi connectivity index (χ1v) is 6.14. The molecule has 0 saturated heterocycles. The zero-order valence-corrected chi connectivity index (χ0v) is 11.0. The number of nitrogens with zero attached hydrogens (tertiary/aromatic N) is 1. The molecule has 0 fully saturated rings. The summed E-state index contributed by atoms with van der Waals surface area (Å²) in [5.41, 5.74) is 0.424. The van der Waals surface area contributed by atoms with Gasteiger partial charge in [-0.05, 0) is 40.9 Å². The highest BCUT2D eigenvalue weighted by Gasteiger charge is 2.25. The topological polar surface area (TPSA) is 42.0 Å². The Bertz CT molecular complexity index is 410. The molecule has 1 heterocycles. The molecule has 1 rings (SSSR count). The van der Waals surface area contributed by atoms with Crippen molar-refractivity contribution in [1.82, 2.24) is 10.3 Å². The molecule has 0 aliphatic rings. The van der Waals surface area contributed by atoms with E-state index < -0.39 is 12.6 Å². The number of pyridine rings is 1. The van der Waals surface area contributed by atoms with Gasteiger partial charge in [0.1, 0.15) is 4.60 Å². The van der Waals surface area contributed by atoms with E-state index in [1.807, 2.05) is 0 Å². The predicted molar refractivity (Wildman–Crippen MR) is 64.2 cm³/mol. The summed E-state index contributed by atoms with van der Waals surface area (Å²) in [5, 5.41) is 2.56. The summed E-state index contributed by atoms with van der Waals surface area (Å²) in [5.74, 6) is -0.315. The quantitative estimate of drug-likeness (QED) is 0.667. The smallest absolute Gasteiger partial charge is 0.352 e. The normalized spacial score (nSPS) is 11.3. The second-order valence-corrected chi connectivity index (χ2v) is 4.51. The van der Waals surface area contributed by atoms with Crippen molar-refractivity contribution in [3.8, 4) is 0 Å². The minimum Gasteiger partial charge on any atom is -0.352 e. The zero-order valence-electron chi connectivity index (χ0n) is 9.43. The van der Waals surface area contributed by atoms with Crippen LogP contribution in [0.15, 0.2) is 22.9 Å². The maximum absolute atomic E-state index is 11.9. The molecule has 0 radical (unpaired) electrons. The van der Waals surface area contributed by atoms with E-state index in [0.717, 1.165) is 0 Å². The molecule has 1 aromatic heterocycles. The van der Waals surface area contributed by atoms with Crippen molar-refractivity contribution < 1.29 is 18.0 Å². The number of alkyl halides is 3. The van der Waals surface area contributed by atoms with Gasteiger partial charge in [-0.2, -0.15) is 13.2 Å². The van der Waals surface area contributed by atoms with Crippen LogP contribution in [-0.2, 0) is 0 Å². The van der Waals surface area contributed by atoms with Gasteiger partial charge in [-0.1, -0.05) is 0 Å². The molecular weight excluding hydrogens is 313 g/mol. The molecule has 0 bridgehead atoms. The lowest BCUT2D eigenvalue weighted by molar-refractivity contribution is -0.135. The van der Waals surface area contributed by atoms with Gasteiger partial charge in [0.2, 0.25) is 0 Å². The van der Waals surface area contributed by atoms with E-state index in [2.05, 4.69) is 26.2 Å². The highest BCUT2D eigenvalue weighted by molar-refractivity contribution is 9.10. The third kappa shape index (κ3) is 6.00. The van der Waals surface area contributed by atoms with Gasteiger partial charge in [0, 0.05) is 24.7 Å². The largest absolute Gasteiger partial charge is 0.389 e. The Labute approximate surface area is 111 Å². The molecule has 0 aliphatic heterocycles. The van der Waals surface area contributed by atoms with Gasteiger partial charge in [-0.25, -0.2) is 4.98 Å². The second-order valence-electron chi connectivity index (χ2n) is 3.70. The van der Waals surface area contributed by atoms with Gasteiger partial charge in [0.05, 0.1) is 0 Å². The lowest BCUT2D eigenvalue weighted by Crippen LogP contribution is -2.24. The van der Waals surface area contributed by atoms with Crippen molar-refractivity contribution in [2.24, 2.45) is 0 Å². The number of halogens is 4. The highest BCUT2D eigenvalue weighted by Crippen LogP contribution is 2.21. The van der Waals surface area contributed by atoms with Gasteiger partial charge < -0.3 is 5.32 Å². The number of unbranched alkanes of at least 4 members (excludes halogenated alkanes) is 1. The molecule has 18 heavy (non-hydrogen) atoms. The summed E-state index contributed by atoms with van der Waals surface area (Å²) < 4.78 is 36.1. The number of carbonyl (C=O) groups is 1. The molecule has 7 heteroatoms. The van der Waals surface area contributed by atoms with E-state index in [1.54, 1.807) is 6.07 Å². The Kier molecular flexibility index (Phi) is 5.58. The minimum absolute atomic E-state index is 0.0177. The second kappa shape index (κ2) is 6.72. The van der Waals surface area contributed by atoms with Crippen LogP contribution < -0.4 is 5.32 Å². The maximum Gasteiger partial charge on any atom is 0.389 e. The molecule has 0 aromatic carbocycles. The minimum atomic E-state index is -4.13. The molecule has 0 saturated carbocycles. The van der Waals surface area contributed by atoms with Crippen molar-refractivity contribution in [3.63, 3.8) is 0 Å². The molecule has 0 spiro atoms. The molecule has 0 atom stereocenters. The molecule has 1 amide bonds. The van der Waals surface area contributed by atoms with E-state index in [4.69, 9.17) is 0 Å². The first-order valence-electron chi connectivity index (χ1n) is 5.35. The number of aromatic nitrogens is 1. The number of rotatable bonds is 5. The number of hydrogen-bond donors (Lipinski definition) is 1. The standard InChI is InChI=1S/C11H12BrF3N2O/c12-9-7-8(3-6-16-9)10(18)17-5-2-1-4-11(13,14)15/h3,6-7H,1-2,4-5H2,(H,17,18). The summed E-state index contributed by atoms with van der Waals surface area (Å²) >= 11 is 3.13. The third-order valence-electron chi connectivity index (χ3n) is 2.16. The fraction of sp³-hybridized carbons (Fsp3) is 0.455. The fourth-order valence-electron chi connectivity index (χ4n) is 1.30. The predicted octanol–water partition coefficient (Wildman–Crippen LogP) is 3.31. The Hall–Kier alpha value is -1.11. The Morgan fingerprint density at radius 2 is 2.11 bits per heavy atom. The summed E-state index contributed by atoms with van der Waals surface area (Å²) in [4.78, 5) is 15.4. The van der Waals surface area contributed by atoms with E-state index in [0.29, 0.717) is 16.6 Å². The number of hydrogen-bond acceptors (Lipinski definition) is 2. The SMILES string of the molecule is O=C(NCCCCC(F)(F)F)c1ccnc(Br)c1. The van der Waals surface area contributed by atoms with Gasteiger partial charge >= 0.3 is 6.18 Å². The van der Waals surface area contributed by atoms with Crippen LogP contribution in [0.25, 0.3) is 0 Å². The Morgan fingerprint density at radius 1 is 1.39 bits per heavy atom. The number of carbonyl (C=O) groups excluding carboxylic acids is 1. The van der Waals surface area contributed by atoms with Crippen molar-refractivity contribution in [3.05, 3.63) is 28.5 Å². The van der Waals surface area contributed by atoms with Crippen LogP contribution in [-0.4, -0.2) is 23.6 Å². The van der Waals surface area contributed by atoms with Crippen LogP contribution in [0.5, 0.6) is 0 Å². The Morgan fingerprint density at radius 3 is 2.72 bits per heavy atom. The van der Waals surface area contributed by atoms with Crippen LogP contribution in [0.1, 0.15) is 29.6 Å². The average Bonchev–Trinajstić information content (AvgIpc) is 2.26. The highest BCUT2D eigenvalue weighted by atomic mass is 79.9. The summed E-state index contributed by atoms with van der Waals surface area (Å²) in [6.07, 6.45) is -3.15. The zero-order chi connectivity index (χ0) is 13.6. The molecular formula is C11H12BrF3N2O.